The Morgan fingerprint density at radius 1 is 1.19 bits per heavy atom. The van der Waals surface area contributed by atoms with Crippen LogP contribution in [-0.2, 0) is 10.0 Å². The van der Waals surface area contributed by atoms with Gasteiger partial charge in [0, 0.05) is 6.07 Å². The number of sulfonamides is 1. The maximum absolute atomic E-state index is 12.5. The Morgan fingerprint density at radius 3 is 2.81 bits per heavy atom. The zero-order chi connectivity index (χ0) is 22.3. The van der Waals surface area contributed by atoms with Crippen LogP contribution in [0.3, 0.4) is 0 Å². The number of carbonyl (C=O) groups excluding carboxylic acids is 1. The first-order chi connectivity index (χ1) is 14.9. The minimum atomic E-state index is -4.06. The summed E-state index contributed by atoms with van der Waals surface area (Å²) in [4.78, 5) is 27.9. The molecule has 0 saturated heterocycles. The molecule has 0 aliphatic carbocycles. The Kier molecular flexibility index (Phi) is 7.24. The number of benzene rings is 2. The zero-order valence-electron chi connectivity index (χ0n) is 17.0. The smallest absolute Gasteiger partial charge is 0.417 e. The Labute approximate surface area is 179 Å². The number of Topliss-reactive ketones (excluding diaryl/α,β-unsaturated/α-hetero) is 1. The zero-order valence-corrected chi connectivity index (χ0v) is 17.8. The van der Waals surface area contributed by atoms with E-state index in [0.717, 1.165) is 31.9 Å². The molecule has 1 heterocycles. The van der Waals surface area contributed by atoms with E-state index in [0.29, 0.717) is 17.9 Å². The Hall–Kier alpha value is -3.40. The van der Waals surface area contributed by atoms with Crippen LogP contribution < -0.4 is 15.3 Å². The number of ketones is 1. The summed E-state index contributed by atoms with van der Waals surface area (Å²) in [6, 6.07) is 10.6. The van der Waals surface area contributed by atoms with Gasteiger partial charge in [0.2, 0.25) is 5.78 Å². The van der Waals surface area contributed by atoms with E-state index < -0.39 is 21.6 Å². The van der Waals surface area contributed by atoms with Gasteiger partial charge < -0.3 is 9.15 Å². The van der Waals surface area contributed by atoms with Crippen molar-refractivity contribution in [3.63, 3.8) is 0 Å². The number of nitrogens with zero attached hydrogens (tertiary/aromatic N) is 1. The van der Waals surface area contributed by atoms with E-state index in [1.807, 2.05) is 4.83 Å². The van der Waals surface area contributed by atoms with Crippen LogP contribution in [0.15, 0.2) is 61.7 Å². The number of hydrogen-bond acceptors (Lipinski definition) is 7. The number of aromatic nitrogens is 1. The molecule has 0 saturated carbocycles. The summed E-state index contributed by atoms with van der Waals surface area (Å²) in [5.41, 5.74) is 0.753. The number of oxazole rings is 1. The van der Waals surface area contributed by atoms with Gasteiger partial charge in [0.05, 0.1) is 28.8 Å². The average Bonchev–Trinajstić information content (AvgIpc) is 3.13. The largest absolute Gasteiger partial charge is 0.493 e. The predicted molar refractivity (Wildman–Crippen MR) is 116 cm³/mol. The third-order valence-electron chi connectivity index (χ3n) is 4.47. The van der Waals surface area contributed by atoms with Gasteiger partial charge in [-0.05, 0) is 30.7 Å². The predicted octanol–water partition coefficient (Wildman–Crippen LogP) is 3.23. The summed E-state index contributed by atoms with van der Waals surface area (Å²) in [7, 11) is -4.06. The molecule has 1 aromatic heterocycles. The molecule has 3 aromatic rings. The van der Waals surface area contributed by atoms with E-state index in [9.17, 15) is 18.0 Å². The van der Waals surface area contributed by atoms with Gasteiger partial charge >= 0.3 is 5.76 Å². The molecule has 10 heteroatoms. The van der Waals surface area contributed by atoms with E-state index in [4.69, 9.17) is 9.15 Å². The number of fused-ring (bicyclic) bond motifs is 1. The molecule has 31 heavy (non-hydrogen) atoms. The van der Waals surface area contributed by atoms with Crippen molar-refractivity contribution >= 4 is 33.1 Å². The first-order valence-corrected chi connectivity index (χ1v) is 11.3. The summed E-state index contributed by atoms with van der Waals surface area (Å²) >= 11 is 0. The van der Waals surface area contributed by atoms with Crippen LogP contribution in [0.4, 0.5) is 0 Å². The highest BCUT2D eigenvalue weighted by Crippen LogP contribution is 2.19. The number of para-hydroxylation sites is 1. The number of hydrogen-bond donors (Lipinski definition) is 2. The van der Waals surface area contributed by atoms with Gasteiger partial charge in [0.15, 0.2) is 5.58 Å². The molecule has 0 unspecified atom stereocenters. The molecular formula is C21H23N3O6S. The van der Waals surface area contributed by atoms with Crippen LogP contribution in [0.1, 0.15) is 43.0 Å². The molecule has 0 amide bonds. The summed E-state index contributed by atoms with van der Waals surface area (Å²) in [6.07, 6.45) is 5.06. The van der Waals surface area contributed by atoms with Crippen LogP contribution in [0, 0.1) is 0 Å². The lowest BCUT2D eigenvalue weighted by atomic mass is 10.1. The Bertz CT molecular complexity index is 1240. The Morgan fingerprint density at radius 2 is 2.00 bits per heavy atom. The molecule has 0 aliphatic rings. The fraction of sp³-hybridized carbons (Fsp3) is 0.286. The summed E-state index contributed by atoms with van der Waals surface area (Å²) in [5.74, 6) is -0.766. The van der Waals surface area contributed by atoms with Crippen molar-refractivity contribution in [2.24, 2.45) is 5.10 Å². The third-order valence-corrected chi connectivity index (χ3v) is 5.69. The second kappa shape index (κ2) is 10.1. The number of aromatic amines is 1. The normalized spacial score (nSPS) is 11.8. The van der Waals surface area contributed by atoms with Crippen molar-refractivity contribution in [2.45, 2.75) is 37.5 Å². The molecule has 2 aromatic carbocycles. The molecule has 2 N–H and O–H groups in total. The summed E-state index contributed by atoms with van der Waals surface area (Å²) in [6.45, 7) is 2.62. The van der Waals surface area contributed by atoms with E-state index in [1.54, 1.807) is 24.3 Å². The number of nitrogens with one attached hydrogen (secondary N) is 2. The fourth-order valence-electron chi connectivity index (χ4n) is 2.88. The van der Waals surface area contributed by atoms with E-state index in [2.05, 4.69) is 17.0 Å². The van der Waals surface area contributed by atoms with Crippen molar-refractivity contribution in [3.05, 3.63) is 58.6 Å². The first-order valence-electron chi connectivity index (χ1n) is 9.84. The van der Waals surface area contributed by atoms with E-state index in [1.165, 1.54) is 18.2 Å². The van der Waals surface area contributed by atoms with Gasteiger partial charge in [-0.3, -0.25) is 9.78 Å². The lowest BCUT2D eigenvalue weighted by Crippen LogP contribution is -2.19. The van der Waals surface area contributed by atoms with Crippen molar-refractivity contribution < 1.29 is 22.4 Å². The minimum Gasteiger partial charge on any atom is -0.493 e. The second-order valence-corrected chi connectivity index (χ2v) is 8.46. The standard InChI is InChI=1S/C21H23N3O6S/c1-2-3-4-7-12-29-19-9-6-5-8-16(19)18(25)14-22-24-31(27,28)15-10-11-17-20(13-15)30-21(26)23-17/h5-6,8-11,13-14,24H,2-4,7,12H2,1H3,(H,23,26)/b22-14+. The molecule has 3 rings (SSSR count). The number of carbonyl (C=O) groups is 1. The summed E-state index contributed by atoms with van der Waals surface area (Å²) in [5, 5.41) is 3.57. The maximum Gasteiger partial charge on any atom is 0.417 e. The Balaban J connectivity index is 1.66. The number of rotatable bonds is 11. The lowest BCUT2D eigenvalue weighted by molar-refractivity contribution is 0.106. The van der Waals surface area contributed by atoms with Gasteiger partial charge in [0.25, 0.3) is 10.0 Å². The maximum atomic E-state index is 12.5. The van der Waals surface area contributed by atoms with Crippen LogP contribution in [0.5, 0.6) is 5.75 Å². The van der Waals surface area contributed by atoms with Gasteiger partial charge in [-0.1, -0.05) is 38.3 Å². The number of ether oxygens (including phenoxy) is 1. The molecule has 0 bridgehead atoms. The molecule has 9 nitrogen and oxygen atoms in total. The van der Waals surface area contributed by atoms with Crippen LogP contribution >= 0.6 is 0 Å². The number of H-pyrrole nitrogens is 1. The van der Waals surface area contributed by atoms with Crippen LogP contribution in [0.25, 0.3) is 11.1 Å². The van der Waals surface area contributed by atoms with Crippen LogP contribution in [-0.4, -0.2) is 32.0 Å². The highest BCUT2D eigenvalue weighted by Gasteiger charge is 2.16. The second-order valence-electron chi connectivity index (χ2n) is 6.79. The monoisotopic (exact) mass is 445 g/mol. The molecule has 0 fully saturated rings. The minimum absolute atomic E-state index is 0.0953. The van der Waals surface area contributed by atoms with E-state index >= 15 is 0 Å². The lowest BCUT2D eigenvalue weighted by Gasteiger charge is -2.09. The molecular weight excluding hydrogens is 422 g/mol. The molecule has 0 spiro atoms. The SMILES string of the molecule is CCCCCCOc1ccccc1C(=O)/C=N/NS(=O)(=O)c1ccc2[nH]c(=O)oc2c1. The van der Waals surface area contributed by atoms with Gasteiger partial charge in [-0.2, -0.15) is 18.4 Å². The quantitative estimate of drug-likeness (QED) is 0.202. The van der Waals surface area contributed by atoms with Gasteiger partial charge in [0.1, 0.15) is 5.75 Å². The van der Waals surface area contributed by atoms with Crippen molar-refractivity contribution in [1.82, 2.24) is 9.82 Å². The van der Waals surface area contributed by atoms with Gasteiger partial charge in [-0.15, -0.1) is 0 Å². The van der Waals surface area contributed by atoms with Crippen molar-refractivity contribution in [3.8, 4) is 5.75 Å². The van der Waals surface area contributed by atoms with E-state index in [-0.39, 0.29) is 16.0 Å². The van der Waals surface area contributed by atoms with Crippen LogP contribution in [0.2, 0.25) is 0 Å². The fourth-order valence-corrected chi connectivity index (χ4v) is 3.68. The number of hydrazone groups is 1. The van der Waals surface area contributed by atoms with Gasteiger partial charge in [-0.25, -0.2) is 4.79 Å². The third kappa shape index (κ3) is 5.82. The molecule has 0 radical (unpaired) electrons. The first kappa shape index (κ1) is 22.3. The molecule has 0 atom stereocenters. The molecule has 0 aliphatic heterocycles. The number of unbranched alkanes of at least 4 members (excludes halogenated alkanes) is 3. The van der Waals surface area contributed by atoms with Crippen molar-refractivity contribution in [2.75, 3.05) is 6.61 Å². The summed E-state index contributed by atoms with van der Waals surface area (Å²) < 4.78 is 35.4. The topological polar surface area (TPSA) is 131 Å². The highest BCUT2D eigenvalue weighted by molar-refractivity contribution is 7.89. The molecule has 164 valence electrons. The van der Waals surface area contributed by atoms with Crippen molar-refractivity contribution in [1.29, 1.82) is 0 Å². The average molecular weight is 445 g/mol. The highest BCUT2D eigenvalue weighted by atomic mass is 32.2.